The Morgan fingerprint density at radius 3 is 2.76 bits per heavy atom. The number of nitrogens with zero attached hydrogens (tertiary/aromatic N) is 2. The molecule has 1 aliphatic rings. The van der Waals surface area contributed by atoms with Crippen molar-refractivity contribution >= 4 is 5.91 Å². The third kappa shape index (κ3) is 4.34. The van der Waals surface area contributed by atoms with Crippen molar-refractivity contribution in [2.24, 2.45) is 5.92 Å². The van der Waals surface area contributed by atoms with Gasteiger partial charge in [0.05, 0.1) is 0 Å². The summed E-state index contributed by atoms with van der Waals surface area (Å²) in [6.07, 6.45) is 6.46. The van der Waals surface area contributed by atoms with Crippen LogP contribution >= 0.6 is 0 Å². The molecule has 1 saturated heterocycles. The Balaban J connectivity index is 2.05. The summed E-state index contributed by atoms with van der Waals surface area (Å²) in [7, 11) is 0. The van der Waals surface area contributed by atoms with E-state index in [1.54, 1.807) is 0 Å². The number of amides is 1. The van der Waals surface area contributed by atoms with Crippen molar-refractivity contribution < 1.29 is 4.79 Å². The predicted molar refractivity (Wildman–Crippen MR) is 86.5 cm³/mol. The summed E-state index contributed by atoms with van der Waals surface area (Å²) in [4.78, 5) is 14.9. The highest BCUT2D eigenvalue weighted by atomic mass is 16.2. The van der Waals surface area contributed by atoms with E-state index in [2.05, 4.69) is 28.6 Å². The number of rotatable bonds is 7. The van der Waals surface area contributed by atoms with Crippen molar-refractivity contribution in [1.29, 1.82) is 0 Å². The van der Waals surface area contributed by atoms with Gasteiger partial charge < -0.3 is 14.8 Å². The zero-order valence-electron chi connectivity index (χ0n) is 13.5. The van der Waals surface area contributed by atoms with Crippen LogP contribution < -0.4 is 5.32 Å². The Labute approximate surface area is 128 Å². The average molecular weight is 291 g/mol. The molecule has 0 unspecified atom stereocenters. The Morgan fingerprint density at radius 1 is 1.33 bits per heavy atom. The summed E-state index contributed by atoms with van der Waals surface area (Å²) in [6, 6.07) is 3.95. The Hall–Kier alpha value is -1.29. The maximum absolute atomic E-state index is 12.9. The number of hydrogen-bond acceptors (Lipinski definition) is 2. The van der Waals surface area contributed by atoms with E-state index in [1.165, 1.54) is 12.8 Å². The highest BCUT2D eigenvalue weighted by Gasteiger charge is 2.22. The molecule has 118 valence electrons. The fraction of sp³-hybridized carbons (Fsp3) is 0.706. The van der Waals surface area contributed by atoms with Gasteiger partial charge in [-0.25, -0.2) is 0 Å². The summed E-state index contributed by atoms with van der Waals surface area (Å²) in [5.74, 6) is 0.852. The van der Waals surface area contributed by atoms with Crippen molar-refractivity contribution in [1.82, 2.24) is 14.8 Å². The molecule has 0 atom stereocenters. The van der Waals surface area contributed by atoms with Gasteiger partial charge in [-0.2, -0.15) is 0 Å². The normalized spacial score (nSPS) is 16.1. The van der Waals surface area contributed by atoms with Crippen molar-refractivity contribution in [3.63, 3.8) is 0 Å². The van der Waals surface area contributed by atoms with Gasteiger partial charge in [0.25, 0.3) is 5.91 Å². The molecule has 1 aliphatic heterocycles. The molecule has 0 bridgehead atoms. The third-order valence-corrected chi connectivity index (χ3v) is 4.23. The van der Waals surface area contributed by atoms with Crippen LogP contribution in [0.2, 0.25) is 0 Å². The summed E-state index contributed by atoms with van der Waals surface area (Å²) < 4.78 is 2.09. The molecule has 0 saturated carbocycles. The van der Waals surface area contributed by atoms with E-state index < -0.39 is 0 Å². The van der Waals surface area contributed by atoms with Gasteiger partial charge in [-0.15, -0.1) is 0 Å². The van der Waals surface area contributed by atoms with E-state index in [0.29, 0.717) is 5.92 Å². The highest BCUT2D eigenvalue weighted by Crippen LogP contribution is 2.16. The molecule has 2 rings (SSSR count). The smallest absolute Gasteiger partial charge is 0.270 e. The minimum absolute atomic E-state index is 0.203. The van der Waals surface area contributed by atoms with Gasteiger partial charge in [0.2, 0.25) is 0 Å². The van der Waals surface area contributed by atoms with E-state index >= 15 is 0 Å². The second-order valence-electron chi connectivity index (χ2n) is 6.03. The number of nitrogens with one attached hydrogen (secondary N) is 1. The van der Waals surface area contributed by atoms with Gasteiger partial charge >= 0.3 is 0 Å². The SMILES string of the molecule is CCCN(CC1CCNCC1)C(=O)c1cccn1CCC. The first-order valence-corrected chi connectivity index (χ1v) is 8.41. The first-order chi connectivity index (χ1) is 10.3. The Bertz CT molecular complexity index is 435. The molecule has 1 N–H and O–H groups in total. The minimum atomic E-state index is 0.203. The van der Waals surface area contributed by atoms with E-state index in [-0.39, 0.29) is 5.91 Å². The zero-order valence-corrected chi connectivity index (χ0v) is 13.5. The molecule has 2 heterocycles. The highest BCUT2D eigenvalue weighted by molar-refractivity contribution is 5.92. The molecule has 4 heteroatoms. The van der Waals surface area contributed by atoms with Crippen molar-refractivity contribution in [3.8, 4) is 0 Å². The van der Waals surface area contributed by atoms with E-state index in [0.717, 1.165) is 51.3 Å². The van der Waals surface area contributed by atoms with Crippen molar-refractivity contribution in [2.75, 3.05) is 26.2 Å². The second-order valence-corrected chi connectivity index (χ2v) is 6.03. The number of carbonyl (C=O) groups is 1. The molecule has 21 heavy (non-hydrogen) atoms. The molecule has 0 aliphatic carbocycles. The van der Waals surface area contributed by atoms with Crippen molar-refractivity contribution in [3.05, 3.63) is 24.0 Å². The van der Waals surface area contributed by atoms with Crippen LogP contribution in [0.1, 0.15) is 50.0 Å². The number of hydrogen-bond donors (Lipinski definition) is 1. The standard InChI is InChI=1S/C17H29N3O/c1-3-11-19-13-5-6-16(19)17(21)20(12-4-2)14-15-7-9-18-10-8-15/h5-6,13,15,18H,3-4,7-12,14H2,1-2H3. The van der Waals surface area contributed by atoms with Gasteiger partial charge in [-0.1, -0.05) is 13.8 Å². The third-order valence-electron chi connectivity index (χ3n) is 4.23. The van der Waals surface area contributed by atoms with Gasteiger partial charge in [0.15, 0.2) is 0 Å². The molecule has 4 nitrogen and oxygen atoms in total. The molecular weight excluding hydrogens is 262 g/mol. The molecule has 0 aromatic carbocycles. The number of carbonyl (C=O) groups excluding carboxylic acids is 1. The molecule has 1 aromatic heterocycles. The summed E-state index contributed by atoms with van der Waals surface area (Å²) in [5, 5.41) is 3.40. The molecule has 0 spiro atoms. The molecular formula is C17H29N3O. The van der Waals surface area contributed by atoms with E-state index in [4.69, 9.17) is 0 Å². The van der Waals surface area contributed by atoms with Crippen LogP contribution in [0.3, 0.4) is 0 Å². The fourth-order valence-corrected chi connectivity index (χ4v) is 3.13. The van der Waals surface area contributed by atoms with E-state index in [1.807, 2.05) is 18.3 Å². The molecule has 1 amide bonds. The lowest BCUT2D eigenvalue weighted by Gasteiger charge is -2.30. The minimum Gasteiger partial charge on any atom is -0.344 e. The Morgan fingerprint density at radius 2 is 2.10 bits per heavy atom. The average Bonchev–Trinajstić information content (AvgIpc) is 2.96. The number of aromatic nitrogens is 1. The lowest BCUT2D eigenvalue weighted by Crippen LogP contribution is -2.40. The lowest BCUT2D eigenvalue weighted by molar-refractivity contribution is 0.0705. The topological polar surface area (TPSA) is 37.3 Å². The second kappa shape index (κ2) is 8.23. The molecule has 1 fully saturated rings. The summed E-state index contributed by atoms with van der Waals surface area (Å²) in [6.45, 7) is 9.16. The first-order valence-electron chi connectivity index (χ1n) is 8.41. The van der Waals surface area contributed by atoms with Crippen LogP contribution in [0.15, 0.2) is 18.3 Å². The van der Waals surface area contributed by atoms with Crippen LogP contribution in [-0.2, 0) is 6.54 Å². The van der Waals surface area contributed by atoms with Crippen molar-refractivity contribution in [2.45, 2.75) is 46.1 Å². The van der Waals surface area contributed by atoms with Crippen LogP contribution in [0, 0.1) is 5.92 Å². The van der Waals surface area contributed by atoms with Gasteiger partial charge in [-0.05, 0) is 56.8 Å². The van der Waals surface area contributed by atoms with Crippen LogP contribution in [0.4, 0.5) is 0 Å². The number of piperidine rings is 1. The zero-order chi connectivity index (χ0) is 15.1. The largest absolute Gasteiger partial charge is 0.344 e. The maximum Gasteiger partial charge on any atom is 0.270 e. The summed E-state index contributed by atoms with van der Waals surface area (Å²) >= 11 is 0. The lowest BCUT2D eigenvalue weighted by atomic mass is 9.97. The van der Waals surface area contributed by atoms with Crippen LogP contribution in [-0.4, -0.2) is 41.6 Å². The quantitative estimate of drug-likeness (QED) is 0.839. The van der Waals surface area contributed by atoms with E-state index in [9.17, 15) is 4.79 Å². The maximum atomic E-state index is 12.9. The monoisotopic (exact) mass is 291 g/mol. The fourth-order valence-electron chi connectivity index (χ4n) is 3.13. The van der Waals surface area contributed by atoms with Gasteiger partial charge in [0, 0.05) is 25.8 Å². The van der Waals surface area contributed by atoms with Crippen LogP contribution in [0.5, 0.6) is 0 Å². The number of aryl methyl sites for hydroxylation is 1. The summed E-state index contributed by atoms with van der Waals surface area (Å²) in [5.41, 5.74) is 0.847. The van der Waals surface area contributed by atoms with Gasteiger partial charge in [0.1, 0.15) is 5.69 Å². The Kier molecular flexibility index (Phi) is 6.30. The van der Waals surface area contributed by atoms with Gasteiger partial charge in [-0.3, -0.25) is 4.79 Å². The van der Waals surface area contributed by atoms with Crippen LogP contribution in [0.25, 0.3) is 0 Å². The molecule has 0 radical (unpaired) electrons. The molecule has 1 aromatic rings. The first kappa shape index (κ1) is 16.1. The predicted octanol–water partition coefficient (Wildman–Crippen LogP) is 2.75.